The summed E-state index contributed by atoms with van der Waals surface area (Å²) in [7, 11) is 1.64. The third-order valence-electron chi connectivity index (χ3n) is 3.48. The van der Waals surface area contributed by atoms with Gasteiger partial charge in [0.05, 0.1) is 11.7 Å². The van der Waals surface area contributed by atoms with Crippen LogP contribution in [-0.4, -0.2) is 31.1 Å². The van der Waals surface area contributed by atoms with Crippen molar-refractivity contribution < 1.29 is 19.1 Å². The standard InChI is InChI=1S/C15H18O4/c1-10(16)11-6-8-12(9-7-11)15(17)19-14-5-3-4-13(14)18-2/h6-9,13-14H,3-5H2,1-2H3/t13-,14-/m1/s1. The van der Waals surface area contributed by atoms with Crippen LogP contribution < -0.4 is 0 Å². The Morgan fingerprint density at radius 3 is 2.21 bits per heavy atom. The summed E-state index contributed by atoms with van der Waals surface area (Å²) in [4.78, 5) is 23.1. The molecule has 102 valence electrons. The van der Waals surface area contributed by atoms with Crippen molar-refractivity contribution in [2.75, 3.05) is 7.11 Å². The Bertz CT molecular complexity index is 464. The zero-order valence-electron chi connectivity index (χ0n) is 11.2. The first-order valence-corrected chi connectivity index (χ1v) is 6.46. The monoisotopic (exact) mass is 262 g/mol. The maximum Gasteiger partial charge on any atom is 0.338 e. The molecule has 0 aromatic heterocycles. The molecular weight excluding hydrogens is 244 g/mol. The van der Waals surface area contributed by atoms with Crippen LogP contribution in [0.5, 0.6) is 0 Å². The first-order valence-electron chi connectivity index (χ1n) is 6.46. The van der Waals surface area contributed by atoms with Crippen molar-refractivity contribution in [2.45, 2.75) is 38.4 Å². The highest BCUT2D eigenvalue weighted by molar-refractivity contribution is 5.96. The number of ketones is 1. The van der Waals surface area contributed by atoms with Crippen LogP contribution in [0.25, 0.3) is 0 Å². The fourth-order valence-corrected chi connectivity index (χ4v) is 2.34. The molecule has 0 amide bonds. The van der Waals surface area contributed by atoms with Gasteiger partial charge in [0, 0.05) is 12.7 Å². The summed E-state index contributed by atoms with van der Waals surface area (Å²) in [6.45, 7) is 1.50. The lowest BCUT2D eigenvalue weighted by Gasteiger charge is -2.18. The van der Waals surface area contributed by atoms with Gasteiger partial charge in [-0.05, 0) is 38.3 Å². The van der Waals surface area contributed by atoms with Crippen LogP contribution in [-0.2, 0) is 9.47 Å². The normalized spacial score (nSPS) is 22.2. The highest BCUT2D eigenvalue weighted by Gasteiger charge is 2.30. The molecule has 0 unspecified atom stereocenters. The number of carbonyl (C=O) groups is 2. The lowest BCUT2D eigenvalue weighted by Crippen LogP contribution is -2.27. The molecule has 1 fully saturated rings. The van der Waals surface area contributed by atoms with E-state index in [1.807, 2.05) is 0 Å². The number of Topliss-reactive ketones (excluding diaryl/α,β-unsaturated/α-hetero) is 1. The lowest BCUT2D eigenvalue weighted by atomic mass is 10.1. The maximum atomic E-state index is 12.0. The molecule has 1 aromatic rings. The van der Waals surface area contributed by atoms with E-state index in [9.17, 15) is 9.59 Å². The van der Waals surface area contributed by atoms with Crippen LogP contribution in [0.15, 0.2) is 24.3 Å². The van der Waals surface area contributed by atoms with Crippen molar-refractivity contribution in [1.29, 1.82) is 0 Å². The number of carbonyl (C=O) groups excluding carboxylic acids is 2. The van der Waals surface area contributed by atoms with Gasteiger partial charge in [0.15, 0.2) is 5.78 Å². The minimum atomic E-state index is -0.357. The number of hydrogen-bond acceptors (Lipinski definition) is 4. The highest BCUT2D eigenvalue weighted by Crippen LogP contribution is 2.25. The van der Waals surface area contributed by atoms with Gasteiger partial charge in [-0.3, -0.25) is 4.79 Å². The summed E-state index contributed by atoms with van der Waals surface area (Å²) in [5.74, 6) is -0.376. The van der Waals surface area contributed by atoms with Gasteiger partial charge in [-0.25, -0.2) is 4.79 Å². The summed E-state index contributed by atoms with van der Waals surface area (Å²) in [5, 5.41) is 0. The van der Waals surface area contributed by atoms with E-state index in [0.717, 1.165) is 19.3 Å². The number of ether oxygens (including phenoxy) is 2. The molecule has 2 rings (SSSR count). The van der Waals surface area contributed by atoms with Crippen molar-refractivity contribution >= 4 is 11.8 Å². The van der Waals surface area contributed by atoms with E-state index >= 15 is 0 Å². The van der Waals surface area contributed by atoms with Crippen LogP contribution >= 0.6 is 0 Å². The maximum absolute atomic E-state index is 12.0. The van der Waals surface area contributed by atoms with Gasteiger partial charge < -0.3 is 9.47 Å². The van der Waals surface area contributed by atoms with Gasteiger partial charge >= 0.3 is 5.97 Å². The molecule has 0 heterocycles. The molecular formula is C15H18O4. The first-order chi connectivity index (χ1) is 9.11. The molecule has 1 aliphatic rings. The molecule has 2 atom stereocenters. The van der Waals surface area contributed by atoms with E-state index in [1.54, 1.807) is 31.4 Å². The second-order valence-electron chi connectivity index (χ2n) is 4.78. The molecule has 0 bridgehead atoms. The largest absolute Gasteiger partial charge is 0.456 e. The number of benzene rings is 1. The van der Waals surface area contributed by atoms with Gasteiger partial charge in [0.2, 0.25) is 0 Å². The molecule has 1 saturated carbocycles. The van der Waals surface area contributed by atoms with E-state index in [1.165, 1.54) is 6.92 Å². The predicted octanol–water partition coefficient (Wildman–Crippen LogP) is 2.61. The van der Waals surface area contributed by atoms with E-state index in [4.69, 9.17) is 9.47 Å². The quantitative estimate of drug-likeness (QED) is 0.618. The van der Waals surface area contributed by atoms with Crippen LogP contribution in [0.2, 0.25) is 0 Å². The van der Waals surface area contributed by atoms with E-state index in [0.29, 0.717) is 11.1 Å². The van der Waals surface area contributed by atoms with Crippen molar-refractivity contribution in [3.63, 3.8) is 0 Å². The van der Waals surface area contributed by atoms with Crippen molar-refractivity contribution in [1.82, 2.24) is 0 Å². The number of hydrogen-bond donors (Lipinski definition) is 0. The molecule has 0 radical (unpaired) electrons. The first kappa shape index (κ1) is 13.7. The Kier molecular flexibility index (Phi) is 4.32. The molecule has 0 saturated heterocycles. The van der Waals surface area contributed by atoms with Crippen LogP contribution in [0.1, 0.15) is 46.9 Å². The van der Waals surface area contributed by atoms with Crippen molar-refractivity contribution in [2.24, 2.45) is 0 Å². The Morgan fingerprint density at radius 2 is 1.63 bits per heavy atom. The number of esters is 1. The summed E-state index contributed by atoms with van der Waals surface area (Å²) >= 11 is 0. The van der Waals surface area contributed by atoms with Gasteiger partial charge in [-0.2, -0.15) is 0 Å². The van der Waals surface area contributed by atoms with E-state index in [2.05, 4.69) is 0 Å². The lowest BCUT2D eigenvalue weighted by molar-refractivity contribution is -0.0206. The molecule has 1 aliphatic carbocycles. The third kappa shape index (κ3) is 3.20. The fourth-order valence-electron chi connectivity index (χ4n) is 2.34. The summed E-state index contributed by atoms with van der Waals surface area (Å²) < 4.78 is 10.7. The smallest absolute Gasteiger partial charge is 0.338 e. The molecule has 1 aromatic carbocycles. The van der Waals surface area contributed by atoms with Crippen LogP contribution in [0, 0.1) is 0 Å². The van der Waals surface area contributed by atoms with Gasteiger partial charge in [-0.1, -0.05) is 12.1 Å². The van der Waals surface area contributed by atoms with E-state index in [-0.39, 0.29) is 24.0 Å². The zero-order valence-corrected chi connectivity index (χ0v) is 11.2. The summed E-state index contributed by atoms with van der Waals surface area (Å²) in [6, 6.07) is 6.52. The summed E-state index contributed by atoms with van der Waals surface area (Å²) in [6.07, 6.45) is 2.62. The topological polar surface area (TPSA) is 52.6 Å². The fraction of sp³-hybridized carbons (Fsp3) is 0.467. The Hall–Kier alpha value is -1.68. The zero-order chi connectivity index (χ0) is 13.8. The number of methoxy groups -OCH3 is 1. The van der Waals surface area contributed by atoms with E-state index < -0.39 is 0 Å². The van der Waals surface area contributed by atoms with Gasteiger partial charge in [0.25, 0.3) is 0 Å². The highest BCUT2D eigenvalue weighted by atomic mass is 16.6. The Balaban J connectivity index is 2.01. The second kappa shape index (κ2) is 5.97. The second-order valence-corrected chi connectivity index (χ2v) is 4.78. The van der Waals surface area contributed by atoms with Crippen LogP contribution in [0.4, 0.5) is 0 Å². The van der Waals surface area contributed by atoms with Crippen molar-refractivity contribution in [3.05, 3.63) is 35.4 Å². The third-order valence-corrected chi connectivity index (χ3v) is 3.48. The number of rotatable bonds is 4. The average molecular weight is 262 g/mol. The molecule has 0 spiro atoms. The minimum Gasteiger partial charge on any atom is -0.456 e. The van der Waals surface area contributed by atoms with Crippen molar-refractivity contribution in [3.8, 4) is 0 Å². The molecule has 4 nitrogen and oxygen atoms in total. The molecule has 0 N–H and O–H groups in total. The molecule has 0 aliphatic heterocycles. The van der Waals surface area contributed by atoms with Gasteiger partial charge in [0.1, 0.15) is 6.10 Å². The minimum absolute atomic E-state index is 0.000410. The Morgan fingerprint density at radius 1 is 1.05 bits per heavy atom. The van der Waals surface area contributed by atoms with Gasteiger partial charge in [-0.15, -0.1) is 0 Å². The Labute approximate surface area is 112 Å². The van der Waals surface area contributed by atoms with Crippen LogP contribution in [0.3, 0.4) is 0 Å². The summed E-state index contributed by atoms with van der Waals surface area (Å²) in [5.41, 5.74) is 1.05. The average Bonchev–Trinajstić information content (AvgIpc) is 2.86. The SMILES string of the molecule is CO[C@@H]1CCC[C@H]1OC(=O)c1ccc(C(C)=O)cc1. The predicted molar refractivity (Wildman–Crippen MR) is 70.3 cm³/mol. The molecule has 4 heteroatoms. The molecule has 19 heavy (non-hydrogen) atoms.